The maximum absolute atomic E-state index is 13.7. The lowest BCUT2D eigenvalue weighted by atomic mass is 9.97. The zero-order valence-electron chi connectivity index (χ0n) is 22.3. The molecule has 4 rings (SSSR count). The van der Waals surface area contributed by atoms with Gasteiger partial charge in [0, 0.05) is 17.6 Å². The number of carboxylic acid groups (broad SMARTS) is 1. The third-order valence-corrected chi connectivity index (χ3v) is 6.72. The smallest absolute Gasteiger partial charge is 0.335 e. The van der Waals surface area contributed by atoms with E-state index in [0.29, 0.717) is 21.9 Å². The number of methoxy groups -OCH3 is 1. The second-order valence-electron chi connectivity index (χ2n) is 9.35. The van der Waals surface area contributed by atoms with Crippen molar-refractivity contribution in [1.29, 1.82) is 0 Å². The molecular formula is C29H28ClFN4O6. The summed E-state index contributed by atoms with van der Waals surface area (Å²) in [5.41, 5.74) is 1.44. The van der Waals surface area contributed by atoms with Crippen LogP contribution in [0.25, 0.3) is 0 Å². The Bertz CT molecular complexity index is 1470. The van der Waals surface area contributed by atoms with Gasteiger partial charge in [-0.25, -0.2) is 14.0 Å². The van der Waals surface area contributed by atoms with Crippen LogP contribution in [0.2, 0.25) is 5.02 Å². The molecule has 1 aliphatic rings. The molecule has 1 unspecified atom stereocenters. The number of halogens is 2. The molecule has 0 aromatic heterocycles. The SMILES string of the molecule is COc1ccc(Cl)cc1C[C@@H]1CN/C(=N\Oc2cccc(F)c2)CN(C(=O)NC(C)c2ccc(C(=O)O)cc2)C1=O. The third kappa shape index (κ3) is 7.52. The molecule has 1 fully saturated rings. The van der Waals surface area contributed by atoms with Gasteiger partial charge in [0.05, 0.1) is 31.2 Å². The Morgan fingerprint density at radius 1 is 1.20 bits per heavy atom. The molecule has 41 heavy (non-hydrogen) atoms. The van der Waals surface area contributed by atoms with Crippen molar-refractivity contribution in [3.05, 3.63) is 94.3 Å². The van der Waals surface area contributed by atoms with Crippen molar-refractivity contribution in [2.75, 3.05) is 20.2 Å². The van der Waals surface area contributed by atoms with Crippen LogP contribution < -0.4 is 20.2 Å². The summed E-state index contributed by atoms with van der Waals surface area (Å²) >= 11 is 6.19. The van der Waals surface area contributed by atoms with Crippen LogP contribution in [0.4, 0.5) is 9.18 Å². The summed E-state index contributed by atoms with van der Waals surface area (Å²) in [5.74, 6) is -1.88. The minimum Gasteiger partial charge on any atom is -0.496 e. The molecule has 3 amide bonds. The minimum atomic E-state index is -1.06. The maximum Gasteiger partial charge on any atom is 0.335 e. The highest BCUT2D eigenvalue weighted by atomic mass is 35.5. The van der Waals surface area contributed by atoms with E-state index in [-0.39, 0.29) is 36.7 Å². The Morgan fingerprint density at radius 2 is 1.95 bits per heavy atom. The second kappa shape index (κ2) is 13.1. The molecule has 0 spiro atoms. The van der Waals surface area contributed by atoms with Crippen molar-refractivity contribution in [2.45, 2.75) is 19.4 Å². The van der Waals surface area contributed by atoms with E-state index in [9.17, 15) is 18.8 Å². The van der Waals surface area contributed by atoms with Crippen LogP contribution in [-0.2, 0) is 11.2 Å². The molecule has 2 atom stereocenters. The quantitative estimate of drug-likeness (QED) is 0.330. The topological polar surface area (TPSA) is 130 Å². The molecule has 214 valence electrons. The Hall–Kier alpha value is -4.64. The van der Waals surface area contributed by atoms with Crippen molar-refractivity contribution in [2.24, 2.45) is 11.1 Å². The number of nitrogens with zero attached hydrogens (tertiary/aromatic N) is 2. The number of oxime groups is 1. The van der Waals surface area contributed by atoms with Crippen molar-refractivity contribution < 1.29 is 33.5 Å². The number of amides is 3. The van der Waals surface area contributed by atoms with Crippen molar-refractivity contribution in [1.82, 2.24) is 15.5 Å². The summed E-state index contributed by atoms with van der Waals surface area (Å²) in [5, 5.41) is 19.5. The molecule has 0 aliphatic carbocycles. The number of rotatable bonds is 8. The van der Waals surface area contributed by atoms with Gasteiger partial charge in [0.15, 0.2) is 11.6 Å². The summed E-state index contributed by atoms with van der Waals surface area (Å²) in [4.78, 5) is 44.7. The number of nitrogens with one attached hydrogen (secondary N) is 2. The Labute approximate surface area is 240 Å². The number of carboxylic acids is 1. The van der Waals surface area contributed by atoms with Gasteiger partial charge in [0.25, 0.3) is 0 Å². The molecule has 3 aromatic carbocycles. The first-order valence-corrected chi connectivity index (χ1v) is 13.0. The van der Waals surface area contributed by atoms with E-state index < -0.39 is 35.7 Å². The summed E-state index contributed by atoms with van der Waals surface area (Å²) < 4.78 is 19.0. The van der Waals surface area contributed by atoms with Gasteiger partial charge in [-0.15, -0.1) is 0 Å². The molecule has 1 heterocycles. The largest absolute Gasteiger partial charge is 0.496 e. The van der Waals surface area contributed by atoms with Crippen LogP contribution >= 0.6 is 11.6 Å². The first kappa shape index (κ1) is 29.3. The van der Waals surface area contributed by atoms with E-state index in [0.717, 1.165) is 11.0 Å². The van der Waals surface area contributed by atoms with Crippen LogP contribution in [-0.4, -0.2) is 53.9 Å². The van der Waals surface area contributed by atoms with E-state index in [2.05, 4.69) is 15.8 Å². The van der Waals surface area contributed by atoms with Gasteiger partial charge in [0.1, 0.15) is 11.6 Å². The highest BCUT2D eigenvalue weighted by Crippen LogP contribution is 2.27. The molecule has 12 heteroatoms. The highest BCUT2D eigenvalue weighted by Gasteiger charge is 2.34. The van der Waals surface area contributed by atoms with E-state index in [4.69, 9.17) is 26.3 Å². The molecule has 0 radical (unpaired) electrons. The second-order valence-corrected chi connectivity index (χ2v) is 9.78. The summed E-state index contributed by atoms with van der Waals surface area (Å²) in [6, 6.07) is 15.3. The van der Waals surface area contributed by atoms with Gasteiger partial charge in [-0.1, -0.05) is 35.0 Å². The van der Waals surface area contributed by atoms with Gasteiger partial charge >= 0.3 is 12.0 Å². The molecule has 1 saturated heterocycles. The normalized spacial score (nSPS) is 16.9. The first-order chi connectivity index (χ1) is 19.6. The number of hydrogen-bond acceptors (Lipinski definition) is 6. The van der Waals surface area contributed by atoms with Gasteiger partial charge in [-0.3, -0.25) is 9.69 Å². The zero-order valence-corrected chi connectivity index (χ0v) is 23.0. The fourth-order valence-electron chi connectivity index (χ4n) is 4.29. The van der Waals surface area contributed by atoms with Crippen LogP contribution in [0.5, 0.6) is 11.5 Å². The van der Waals surface area contributed by atoms with Crippen LogP contribution in [0, 0.1) is 11.7 Å². The Morgan fingerprint density at radius 3 is 2.63 bits per heavy atom. The van der Waals surface area contributed by atoms with Gasteiger partial charge in [-0.2, -0.15) is 0 Å². The number of aromatic carboxylic acids is 1. The molecule has 0 saturated carbocycles. The average molecular weight is 583 g/mol. The lowest BCUT2D eigenvalue weighted by molar-refractivity contribution is -0.131. The number of amidine groups is 1. The predicted octanol–water partition coefficient (Wildman–Crippen LogP) is 4.64. The van der Waals surface area contributed by atoms with Crippen molar-refractivity contribution in [3.8, 4) is 11.5 Å². The maximum atomic E-state index is 13.7. The fourth-order valence-corrected chi connectivity index (χ4v) is 4.48. The summed E-state index contributed by atoms with van der Waals surface area (Å²) in [6.45, 7) is 1.59. The Balaban J connectivity index is 1.58. The van der Waals surface area contributed by atoms with Crippen LogP contribution in [0.3, 0.4) is 0 Å². The Kier molecular flexibility index (Phi) is 9.41. The molecule has 3 aromatic rings. The molecule has 10 nitrogen and oxygen atoms in total. The van der Waals surface area contributed by atoms with Crippen LogP contribution in [0.1, 0.15) is 34.5 Å². The number of ether oxygens (including phenoxy) is 1. The fraction of sp³-hybridized carbons (Fsp3) is 0.241. The number of benzene rings is 3. The number of carbonyl (C=O) groups is 3. The number of imide groups is 1. The lowest BCUT2D eigenvalue weighted by Gasteiger charge is -2.25. The molecular weight excluding hydrogens is 555 g/mol. The predicted molar refractivity (Wildman–Crippen MR) is 150 cm³/mol. The van der Waals surface area contributed by atoms with Gasteiger partial charge in [-0.05, 0) is 66.9 Å². The molecule has 1 aliphatic heterocycles. The molecule has 0 bridgehead atoms. The van der Waals surface area contributed by atoms with Crippen molar-refractivity contribution in [3.63, 3.8) is 0 Å². The standard InChI is InChI=1S/C29H28ClFN4O6/c1-17(18-6-8-19(9-7-18)28(37)38)33-29(39)35-16-26(34-41-24-5-3-4-23(31)14-24)32-15-21(27(35)36)12-20-13-22(30)10-11-25(20)40-2/h3-11,13-14,17,21H,12,15-16H2,1-2H3,(H,32,34)(H,33,39)(H,37,38)/t17?,21-/m1/s1. The zero-order chi connectivity index (χ0) is 29.5. The lowest BCUT2D eigenvalue weighted by Crippen LogP contribution is -2.48. The average Bonchev–Trinajstić information content (AvgIpc) is 3.10. The summed E-state index contributed by atoms with van der Waals surface area (Å²) in [7, 11) is 1.51. The van der Waals surface area contributed by atoms with Crippen molar-refractivity contribution >= 4 is 35.3 Å². The van der Waals surface area contributed by atoms with Gasteiger partial charge in [0.2, 0.25) is 5.91 Å². The van der Waals surface area contributed by atoms with E-state index in [1.807, 2.05) is 0 Å². The monoisotopic (exact) mass is 582 g/mol. The third-order valence-electron chi connectivity index (χ3n) is 6.48. The number of carbonyl (C=O) groups excluding carboxylic acids is 2. The number of hydrogen-bond donors (Lipinski definition) is 3. The highest BCUT2D eigenvalue weighted by molar-refractivity contribution is 6.30. The number of urea groups is 1. The van der Waals surface area contributed by atoms with Gasteiger partial charge < -0.3 is 25.3 Å². The first-order valence-electron chi connectivity index (χ1n) is 12.7. The van der Waals surface area contributed by atoms with E-state index >= 15 is 0 Å². The van der Waals surface area contributed by atoms with Crippen LogP contribution in [0.15, 0.2) is 71.9 Å². The van der Waals surface area contributed by atoms with E-state index in [1.54, 1.807) is 37.3 Å². The summed E-state index contributed by atoms with van der Waals surface area (Å²) in [6.07, 6.45) is 0.212. The van der Waals surface area contributed by atoms with E-state index in [1.165, 1.54) is 37.4 Å². The molecule has 3 N–H and O–H groups in total. The minimum absolute atomic E-state index is 0.111.